The number of hydrogen-bond donors (Lipinski definition) is 1. The number of aliphatic imine (C=N–C) groups is 1. The van der Waals surface area contributed by atoms with Crippen molar-refractivity contribution in [3.63, 3.8) is 0 Å². The van der Waals surface area contributed by atoms with Gasteiger partial charge in [0.05, 0.1) is 13.2 Å². The number of halogens is 1. The molecule has 26 heavy (non-hydrogen) atoms. The first kappa shape index (κ1) is 21.2. The Balaban J connectivity index is 0.00000243. The van der Waals surface area contributed by atoms with E-state index in [-0.39, 0.29) is 30.1 Å². The second kappa shape index (κ2) is 10.3. The van der Waals surface area contributed by atoms with Crippen LogP contribution in [0.2, 0.25) is 0 Å². The molecule has 2 unspecified atom stereocenters. The fourth-order valence-electron chi connectivity index (χ4n) is 3.23. The van der Waals surface area contributed by atoms with Crippen molar-refractivity contribution in [2.24, 2.45) is 4.99 Å². The molecule has 0 spiro atoms. The van der Waals surface area contributed by atoms with Gasteiger partial charge in [0.2, 0.25) is 0 Å². The largest absolute Gasteiger partial charge is 0.370 e. The molecule has 4 nitrogen and oxygen atoms in total. The van der Waals surface area contributed by atoms with Crippen molar-refractivity contribution in [2.45, 2.75) is 25.9 Å². The van der Waals surface area contributed by atoms with E-state index < -0.39 is 0 Å². The molecule has 1 aromatic carbocycles. The molecule has 0 aliphatic carbocycles. The van der Waals surface area contributed by atoms with E-state index in [1.807, 2.05) is 7.05 Å². The highest BCUT2D eigenvalue weighted by Crippen LogP contribution is 2.25. The van der Waals surface area contributed by atoms with Crippen molar-refractivity contribution < 1.29 is 4.74 Å². The van der Waals surface area contributed by atoms with E-state index in [9.17, 15) is 0 Å². The van der Waals surface area contributed by atoms with Crippen molar-refractivity contribution in [2.75, 3.05) is 33.3 Å². The molecule has 0 bridgehead atoms. The molecule has 2 aromatic rings. The zero-order valence-electron chi connectivity index (χ0n) is 15.6. The van der Waals surface area contributed by atoms with E-state index in [2.05, 4.69) is 70.1 Å². The van der Waals surface area contributed by atoms with E-state index in [0.717, 1.165) is 32.2 Å². The summed E-state index contributed by atoms with van der Waals surface area (Å²) in [6, 6.07) is 10.7. The predicted molar refractivity (Wildman–Crippen MR) is 121 cm³/mol. The summed E-state index contributed by atoms with van der Waals surface area (Å²) in [6.45, 7) is 7.70. The third kappa shape index (κ3) is 5.20. The maximum absolute atomic E-state index is 6.03. The number of nitrogens with zero attached hydrogens (tertiary/aromatic N) is 2. The predicted octanol–water partition coefficient (Wildman–Crippen LogP) is 4.43. The lowest BCUT2D eigenvalue weighted by molar-refractivity contribution is -0.00832. The Morgan fingerprint density at radius 1 is 1.38 bits per heavy atom. The number of nitrogens with one attached hydrogen (secondary N) is 1. The summed E-state index contributed by atoms with van der Waals surface area (Å²) >= 11 is 1.75. The van der Waals surface area contributed by atoms with E-state index in [4.69, 9.17) is 4.74 Å². The Bertz CT molecular complexity index is 705. The molecule has 3 rings (SSSR count). The number of ether oxygens (including phenoxy) is 1. The lowest BCUT2D eigenvalue weighted by atomic mass is 10.0. The van der Waals surface area contributed by atoms with Crippen LogP contribution in [0, 0.1) is 6.92 Å². The molecule has 1 aliphatic heterocycles. The topological polar surface area (TPSA) is 36.9 Å². The molecular formula is C20H28IN3OS. The van der Waals surface area contributed by atoms with Gasteiger partial charge >= 0.3 is 0 Å². The summed E-state index contributed by atoms with van der Waals surface area (Å²) in [4.78, 5) is 6.80. The molecule has 2 heterocycles. The third-order valence-corrected chi connectivity index (χ3v) is 5.49. The fraction of sp³-hybridized carbons (Fsp3) is 0.450. The maximum atomic E-state index is 6.03. The van der Waals surface area contributed by atoms with E-state index in [1.165, 1.54) is 16.7 Å². The normalized spacial score (nSPS) is 19.0. The molecule has 142 valence electrons. The number of guanidine groups is 1. The van der Waals surface area contributed by atoms with Crippen LogP contribution in [0.25, 0.3) is 0 Å². The Labute approximate surface area is 177 Å². The average molecular weight is 485 g/mol. The summed E-state index contributed by atoms with van der Waals surface area (Å²) in [6.07, 6.45) is 0.0998. The summed E-state index contributed by atoms with van der Waals surface area (Å²) in [7, 11) is 1.86. The van der Waals surface area contributed by atoms with Crippen LogP contribution in [0.4, 0.5) is 0 Å². The van der Waals surface area contributed by atoms with Crippen LogP contribution < -0.4 is 5.32 Å². The Morgan fingerprint density at radius 2 is 2.19 bits per heavy atom. The smallest absolute Gasteiger partial charge is 0.193 e. The highest BCUT2D eigenvalue weighted by Gasteiger charge is 2.25. The lowest BCUT2D eigenvalue weighted by Gasteiger charge is -2.36. The van der Waals surface area contributed by atoms with Crippen molar-refractivity contribution >= 4 is 41.3 Å². The van der Waals surface area contributed by atoms with Gasteiger partial charge in [-0.25, -0.2) is 0 Å². The zero-order valence-corrected chi connectivity index (χ0v) is 18.8. The molecule has 1 aliphatic rings. The van der Waals surface area contributed by atoms with Gasteiger partial charge < -0.3 is 15.0 Å². The number of rotatable bonds is 4. The van der Waals surface area contributed by atoms with Crippen LogP contribution in [0.15, 0.2) is 46.1 Å². The first-order valence-electron chi connectivity index (χ1n) is 8.84. The van der Waals surface area contributed by atoms with E-state index >= 15 is 0 Å². The second-order valence-electron chi connectivity index (χ2n) is 6.55. The van der Waals surface area contributed by atoms with E-state index in [1.54, 1.807) is 11.3 Å². The first-order chi connectivity index (χ1) is 12.2. The van der Waals surface area contributed by atoms with Crippen molar-refractivity contribution in [1.82, 2.24) is 10.2 Å². The van der Waals surface area contributed by atoms with Gasteiger partial charge in [-0.05, 0) is 46.4 Å². The number of benzene rings is 1. The van der Waals surface area contributed by atoms with E-state index in [0.29, 0.717) is 5.92 Å². The maximum Gasteiger partial charge on any atom is 0.193 e. The average Bonchev–Trinajstić information content (AvgIpc) is 3.17. The van der Waals surface area contributed by atoms with Gasteiger partial charge in [0.25, 0.3) is 0 Å². The van der Waals surface area contributed by atoms with Gasteiger partial charge in [-0.2, -0.15) is 11.3 Å². The quantitative estimate of drug-likeness (QED) is 0.396. The Hall–Kier alpha value is -1.12. The number of hydrogen-bond acceptors (Lipinski definition) is 3. The zero-order chi connectivity index (χ0) is 17.6. The van der Waals surface area contributed by atoms with Gasteiger partial charge in [-0.1, -0.05) is 31.2 Å². The molecule has 1 N–H and O–H groups in total. The molecule has 0 saturated carbocycles. The van der Waals surface area contributed by atoms with Crippen LogP contribution >= 0.6 is 35.3 Å². The van der Waals surface area contributed by atoms with Crippen molar-refractivity contribution in [3.8, 4) is 0 Å². The molecular weight excluding hydrogens is 457 g/mol. The van der Waals surface area contributed by atoms with Crippen LogP contribution in [-0.2, 0) is 4.74 Å². The number of aryl methyl sites for hydroxylation is 1. The molecule has 0 radical (unpaired) electrons. The first-order valence-corrected chi connectivity index (χ1v) is 9.78. The van der Waals surface area contributed by atoms with Gasteiger partial charge in [-0.3, -0.25) is 4.99 Å². The van der Waals surface area contributed by atoms with Gasteiger partial charge in [-0.15, -0.1) is 24.0 Å². The van der Waals surface area contributed by atoms with Crippen LogP contribution in [0.1, 0.15) is 35.6 Å². The minimum atomic E-state index is 0. The number of thiophene rings is 1. The Morgan fingerprint density at radius 3 is 2.88 bits per heavy atom. The standard InChI is InChI=1S/C20H27N3OS.HI/c1-15-6-4-5-7-18(15)19-13-23(9-10-24-19)20(21-3)22-12-16(2)17-8-11-25-14-17;/h4-8,11,14,16,19H,9-10,12-13H2,1-3H3,(H,21,22);1H. The van der Waals surface area contributed by atoms with Gasteiger partial charge in [0, 0.05) is 20.1 Å². The SMILES string of the molecule is CN=C(NCC(C)c1ccsc1)N1CCOC(c2ccccc2C)C1.I. The lowest BCUT2D eigenvalue weighted by Crippen LogP contribution is -2.48. The minimum Gasteiger partial charge on any atom is -0.370 e. The van der Waals surface area contributed by atoms with Crippen LogP contribution in [0.3, 0.4) is 0 Å². The highest BCUT2D eigenvalue weighted by molar-refractivity contribution is 14.0. The molecule has 1 saturated heterocycles. The summed E-state index contributed by atoms with van der Waals surface area (Å²) in [5.74, 6) is 1.43. The van der Waals surface area contributed by atoms with Crippen molar-refractivity contribution in [1.29, 1.82) is 0 Å². The van der Waals surface area contributed by atoms with Crippen LogP contribution in [0.5, 0.6) is 0 Å². The molecule has 1 aromatic heterocycles. The Kier molecular flexibility index (Phi) is 8.37. The van der Waals surface area contributed by atoms with Gasteiger partial charge in [0.1, 0.15) is 6.10 Å². The minimum absolute atomic E-state index is 0. The fourth-order valence-corrected chi connectivity index (χ4v) is 4.01. The summed E-state index contributed by atoms with van der Waals surface area (Å²) < 4.78 is 6.03. The molecule has 6 heteroatoms. The summed E-state index contributed by atoms with van der Waals surface area (Å²) in [5, 5.41) is 7.89. The second-order valence-corrected chi connectivity index (χ2v) is 7.33. The van der Waals surface area contributed by atoms with Crippen molar-refractivity contribution in [3.05, 3.63) is 57.8 Å². The molecule has 2 atom stereocenters. The molecule has 1 fully saturated rings. The van der Waals surface area contributed by atoms with Gasteiger partial charge in [0.15, 0.2) is 5.96 Å². The number of morpholine rings is 1. The third-order valence-electron chi connectivity index (χ3n) is 4.79. The monoisotopic (exact) mass is 485 g/mol. The summed E-state index contributed by atoms with van der Waals surface area (Å²) in [5.41, 5.74) is 3.94. The van der Waals surface area contributed by atoms with Crippen LogP contribution in [-0.4, -0.2) is 44.1 Å². The highest BCUT2D eigenvalue weighted by atomic mass is 127. The molecule has 0 amide bonds.